The van der Waals surface area contributed by atoms with Crippen molar-refractivity contribution in [3.05, 3.63) is 85.6 Å². The Kier molecular flexibility index (Phi) is 6.60. The number of hydrogen-bond donors (Lipinski definition) is 1. The maximum Gasteiger partial charge on any atom is 0.279 e. The summed E-state index contributed by atoms with van der Waals surface area (Å²) in [6, 6.07) is 13.5. The number of rotatable bonds is 6. The van der Waals surface area contributed by atoms with E-state index in [9.17, 15) is 4.79 Å². The summed E-state index contributed by atoms with van der Waals surface area (Å²) < 4.78 is 1.70. The van der Waals surface area contributed by atoms with E-state index in [1.165, 1.54) is 11.3 Å². The molecule has 0 aliphatic heterocycles. The van der Waals surface area contributed by atoms with Crippen LogP contribution in [0.1, 0.15) is 44.8 Å². The number of amides is 1. The van der Waals surface area contributed by atoms with Crippen LogP contribution in [0.3, 0.4) is 0 Å². The smallest absolute Gasteiger partial charge is 0.279 e. The molecule has 0 radical (unpaired) electrons. The molecule has 0 fully saturated rings. The zero-order valence-corrected chi connectivity index (χ0v) is 20.1. The molecule has 2 heterocycles. The van der Waals surface area contributed by atoms with Crippen LogP contribution in [0, 0.1) is 13.8 Å². The van der Waals surface area contributed by atoms with Crippen LogP contribution in [0.5, 0.6) is 0 Å². The molecule has 1 amide bonds. The summed E-state index contributed by atoms with van der Waals surface area (Å²) >= 11 is 13.6. The Labute approximate surface area is 200 Å². The van der Waals surface area contributed by atoms with Crippen LogP contribution < -0.4 is 5.32 Å². The molecule has 6 nitrogen and oxygen atoms in total. The van der Waals surface area contributed by atoms with Crippen LogP contribution in [0.25, 0.3) is 5.69 Å². The van der Waals surface area contributed by atoms with Crippen LogP contribution >= 0.6 is 34.5 Å². The first-order chi connectivity index (χ1) is 15.4. The molecular formula is C23H21Cl2N5OS. The Morgan fingerprint density at radius 2 is 1.91 bits per heavy atom. The molecule has 0 unspecified atom stereocenters. The van der Waals surface area contributed by atoms with Crippen LogP contribution in [0.2, 0.25) is 10.0 Å². The van der Waals surface area contributed by atoms with Crippen molar-refractivity contribution in [3.8, 4) is 5.69 Å². The van der Waals surface area contributed by atoms with Gasteiger partial charge in [-0.25, -0.2) is 9.67 Å². The lowest BCUT2D eigenvalue weighted by Gasteiger charge is -2.08. The fraction of sp³-hybridized carbons (Fsp3) is 0.217. The largest absolute Gasteiger partial charge is 0.296 e. The topological polar surface area (TPSA) is 72.7 Å². The normalized spacial score (nSPS) is 11.0. The second-order valence-electron chi connectivity index (χ2n) is 7.32. The molecule has 2 aromatic heterocycles. The van der Waals surface area contributed by atoms with E-state index in [4.69, 9.17) is 23.2 Å². The van der Waals surface area contributed by atoms with Gasteiger partial charge in [-0.15, -0.1) is 16.4 Å². The first-order valence-electron chi connectivity index (χ1n) is 10.1. The van der Waals surface area contributed by atoms with Gasteiger partial charge in [0.1, 0.15) is 0 Å². The molecule has 0 atom stereocenters. The average molecular weight is 486 g/mol. The van der Waals surface area contributed by atoms with Gasteiger partial charge in [-0.2, -0.15) is 0 Å². The number of aromatic nitrogens is 4. The van der Waals surface area contributed by atoms with Crippen LogP contribution in [-0.2, 0) is 12.8 Å². The summed E-state index contributed by atoms with van der Waals surface area (Å²) in [5.41, 5.74) is 4.89. The van der Waals surface area contributed by atoms with E-state index in [1.54, 1.807) is 10.7 Å². The highest BCUT2D eigenvalue weighted by atomic mass is 35.5. The van der Waals surface area contributed by atoms with Crippen LogP contribution in [0.4, 0.5) is 5.13 Å². The lowest BCUT2D eigenvalue weighted by Crippen LogP contribution is -2.14. The lowest BCUT2D eigenvalue weighted by atomic mass is 10.1. The number of aryl methyl sites for hydroxylation is 2. The molecule has 0 saturated carbocycles. The number of nitrogens with zero attached hydrogens (tertiary/aromatic N) is 4. The summed E-state index contributed by atoms with van der Waals surface area (Å²) in [6.07, 6.45) is 1.51. The summed E-state index contributed by atoms with van der Waals surface area (Å²) in [4.78, 5) is 18.4. The van der Waals surface area contributed by atoms with Gasteiger partial charge in [-0.1, -0.05) is 59.6 Å². The predicted molar refractivity (Wildman–Crippen MR) is 130 cm³/mol. The molecule has 1 N–H and O–H groups in total. The van der Waals surface area contributed by atoms with Crippen molar-refractivity contribution in [2.45, 2.75) is 33.6 Å². The molecule has 4 aromatic rings. The second-order valence-corrected chi connectivity index (χ2v) is 9.22. The van der Waals surface area contributed by atoms with E-state index in [1.807, 2.05) is 50.2 Å². The van der Waals surface area contributed by atoms with Gasteiger partial charge in [0.25, 0.3) is 5.91 Å². The van der Waals surface area contributed by atoms with Crippen molar-refractivity contribution >= 4 is 45.6 Å². The minimum atomic E-state index is -0.336. The Balaban J connectivity index is 1.53. The molecule has 0 saturated heterocycles. The van der Waals surface area contributed by atoms with Gasteiger partial charge in [-0.05, 0) is 49.6 Å². The van der Waals surface area contributed by atoms with Crippen molar-refractivity contribution < 1.29 is 4.79 Å². The van der Waals surface area contributed by atoms with E-state index in [0.29, 0.717) is 27.3 Å². The SMILES string of the molecule is CCc1ccccc1-n1nnc(C(=O)Nc2nc(C)c(Cc3ccc(Cl)c(Cl)c3)s2)c1C. The third-order valence-corrected chi connectivity index (χ3v) is 6.98. The molecule has 0 aliphatic rings. The maximum atomic E-state index is 12.9. The molecule has 2 aromatic carbocycles. The maximum absolute atomic E-state index is 12.9. The van der Waals surface area contributed by atoms with E-state index in [-0.39, 0.29) is 11.6 Å². The highest BCUT2D eigenvalue weighted by molar-refractivity contribution is 7.15. The first-order valence-corrected chi connectivity index (χ1v) is 11.7. The monoisotopic (exact) mass is 485 g/mol. The number of anilines is 1. The van der Waals surface area contributed by atoms with Gasteiger partial charge < -0.3 is 0 Å². The van der Waals surface area contributed by atoms with Crippen molar-refractivity contribution in [1.82, 2.24) is 20.0 Å². The van der Waals surface area contributed by atoms with Crippen molar-refractivity contribution in [3.63, 3.8) is 0 Å². The number of carbonyl (C=O) groups is 1. The van der Waals surface area contributed by atoms with Gasteiger partial charge in [0.15, 0.2) is 10.8 Å². The number of para-hydroxylation sites is 1. The minimum Gasteiger partial charge on any atom is -0.296 e. The molecule has 4 rings (SSSR count). The number of thiazole rings is 1. The minimum absolute atomic E-state index is 0.273. The fourth-order valence-corrected chi connectivity index (χ4v) is 4.73. The zero-order valence-electron chi connectivity index (χ0n) is 17.8. The van der Waals surface area contributed by atoms with E-state index < -0.39 is 0 Å². The molecule has 32 heavy (non-hydrogen) atoms. The number of hydrogen-bond acceptors (Lipinski definition) is 5. The number of benzene rings is 2. The number of nitrogens with one attached hydrogen (secondary N) is 1. The summed E-state index contributed by atoms with van der Waals surface area (Å²) in [5.74, 6) is -0.336. The highest BCUT2D eigenvalue weighted by Gasteiger charge is 2.20. The quantitative estimate of drug-likeness (QED) is 0.360. The molecule has 9 heteroatoms. The Morgan fingerprint density at radius 3 is 2.66 bits per heavy atom. The predicted octanol–water partition coefficient (Wildman–Crippen LogP) is 6.05. The number of halogens is 2. The van der Waals surface area contributed by atoms with Crippen molar-refractivity contribution in [2.24, 2.45) is 0 Å². The molecular weight excluding hydrogens is 465 g/mol. The summed E-state index contributed by atoms with van der Waals surface area (Å²) in [5, 5.41) is 12.8. The van der Waals surface area contributed by atoms with Crippen molar-refractivity contribution in [2.75, 3.05) is 5.32 Å². The summed E-state index contributed by atoms with van der Waals surface area (Å²) in [7, 11) is 0. The molecule has 164 valence electrons. The van der Waals surface area contributed by atoms with Crippen LogP contribution in [0.15, 0.2) is 42.5 Å². The molecule has 0 bridgehead atoms. The van der Waals surface area contributed by atoms with Gasteiger partial charge in [-0.3, -0.25) is 10.1 Å². The average Bonchev–Trinajstić information content (AvgIpc) is 3.32. The van der Waals surface area contributed by atoms with E-state index in [2.05, 4.69) is 27.5 Å². The molecule has 0 spiro atoms. The zero-order chi connectivity index (χ0) is 22.8. The lowest BCUT2D eigenvalue weighted by molar-refractivity contribution is 0.102. The standard InChI is InChI=1S/C23H21Cl2N5OS/c1-4-16-7-5-6-8-19(16)30-14(3)21(28-29-30)22(31)27-23-26-13(2)20(32-23)12-15-9-10-17(24)18(25)11-15/h5-11H,4,12H2,1-3H3,(H,26,27,31). The Bertz CT molecular complexity index is 1300. The Morgan fingerprint density at radius 1 is 1.12 bits per heavy atom. The van der Waals surface area contributed by atoms with Gasteiger partial charge in [0.2, 0.25) is 0 Å². The third-order valence-electron chi connectivity index (χ3n) is 5.17. The van der Waals surface area contributed by atoms with Gasteiger partial charge in [0.05, 0.1) is 27.1 Å². The number of carbonyl (C=O) groups excluding carboxylic acids is 1. The molecule has 0 aliphatic carbocycles. The third kappa shape index (κ3) is 4.55. The highest BCUT2D eigenvalue weighted by Crippen LogP contribution is 2.29. The second kappa shape index (κ2) is 9.40. The fourth-order valence-electron chi connectivity index (χ4n) is 3.42. The van der Waals surface area contributed by atoms with E-state index in [0.717, 1.165) is 33.8 Å². The van der Waals surface area contributed by atoms with Crippen molar-refractivity contribution in [1.29, 1.82) is 0 Å². The van der Waals surface area contributed by atoms with Gasteiger partial charge in [0, 0.05) is 11.3 Å². The first kappa shape index (κ1) is 22.5. The summed E-state index contributed by atoms with van der Waals surface area (Å²) in [6.45, 7) is 5.84. The Hall–Kier alpha value is -2.74. The van der Waals surface area contributed by atoms with Crippen LogP contribution in [-0.4, -0.2) is 25.9 Å². The van der Waals surface area contributed by atoms with E-state index >= 15 is 0 Å². The van der Waals surface area contributed by atoms with Gasteiger partial charge >= 0.3 is 0 Å².